The quantitative estimate of drug-likeness (QED) is 0.678. The van der Waals surface area contributed by atoms with Crippen LogP contribution in [-0.2, 0) is 6.54 Å². The molecule has 0 aromatic heterocycles. The molecule has 0 saturated carbocycles. The Morgan fingerprint density at radius 3 is 2.65 bits per heavy atom. The second-order valence-electron chi connectivity index (χ2n) is 4.20. The second kappa shape index (κ2) is 8.09. The topological polar surface area (TPSA) is 33.3 Å². The van der Waals surface area contributed by atoms with Crippen LogP contribution in [0, 0.1) is 6.92 Å². The van der Waals surface area contributed by atoms with E-state index in [-0.39, 0.29) is 0 Å². The van der Waals surface area contributed by atoms with Gasteiger partial charge in [-0.1, -0.05) is 24.6 Å². The van der Waals surface area contributed by atoms with Crippen LogP contribution in [0.15, 0.2) is 18.2 Å². The van der Waals surface area contributed by atoms with Crippen LogP contribution in [0.3, 0.4) is 0 Å². The standard InChI is InChI=1S/C14H24N2O/c1-4-15-8-5-9-16-11-13-10-12(2)6-7-14(13)17-3/h6-7,10,15-16H,4-5,8-9,11H2,1-3H3. The average Bonchev–Trinajstić information content (AvgIpc) is 2.34. The number of methoxy groups -OCH3 is 1. The predicted octanol–water partition coefficient (Wildman–Crippen LogP) is 2.09. The van der Waals surface area contributed by atoms with Gasteiger partial charge in [-0.05, 0) is 39.0 Å². The first kappa shape index (κ1) is 14.0. The molecule has 1 aromatic carbocycles. The van der Waals surface area contributed by atoms with Crippen molar-refractivity contribution in [1.82, 2.24) is 10.6 Å². The molecule has 17 heavy (non-hydrogen) atoms. The summed E-state index contributed by atoms with van der Waals surface area (Å²) in [7, 11) is 1.72. The third kappa shape index (κ3) is 5.20. The van der Waals surface area contributed by atoms with Crippen LogP contribution >= 0.6 is 0 Å². The van der Waals surface area contributed by atoms with Crippen LogP contribution in [0.5, 0.6) is 5.75 Å². The molecule has 1 rings (SSSR count). The molecule has 3 nitrogen and oxygen atoms in total. The second-order valence-corrected chi connectivity index (χ2v) is 4.20. The number of nitrogens with one attached hydrogen (secondary N) is 2. The SMILES string of the molecule is CCNCCCNCc1cc(C)ccc1OC. The van der Waals surface area contributed by atoms with Crippen molar-refractivity contribution >= 4 is 0 Å². The Labute approximate surface area is 105 Å². The summed E-state index contributed by atoms with van der Waals surface area (Å²) < 4.78 is 5.34. The van der Waals surface area contributed by atoms with Gasteiger partial charge < -0.3 is 15.4 Å². The number of benzene rings is 1. The van der Waals surface area contributed by atoms with Crippen molar-refractivity contribution in [3.8, 4) is 5.75 Å². The highest BCUT2D eigenvalue weighted by Gasteiger charge is 2.02. The highest BCUT2D eigenvalue weighted by atomic mass is 16.5. The largest absolute Gasteiger partial charge is 0.496 e. The van der Waals surface area contributed by atoms with Crippen molar-refractivity contribution < 1.29 is 4.74 Å². The van der Waals surface area contributed by atoms with Gasteiger partial charge in [0.25, 0.3) is 0 Å². The third-order valence-corrected chi connectivity index (χ3v) is 2.71. The van der Waals surface area contributed by atoms with Gasteiger partial charge in [-0.25, -0.2) is 0 Å². The molecule has 3 heteroatoms. The molecule has 0 amide bonds. The van der Waals surface area contributed by atoms with Crippen LogP contribution in [0.4, 0.5) is 0 Å². The molecule has 0 unspecified atom stereocenters. The zero-order valence-electron chi connectivity index (χ0n) is 11.2. The van der Waals surface area contributed by atoms with Crippen LogP contribution < -0.4 is 15.4 Å². The first-order chi connectivity index (χ1) is 8.27. The molecule has 0 spiro atoms. The van der Waals surface area contributed by atoms with E-state index in [2.05, 4.69) is 36.6 Å². The Morgan fingerprint density at radius 1 is 1.18 bits per heavy atom. The Bertz CT molecular complexity index is 326. The van der Waals surface area contributed by atoms with E-state index in [1.54, 1.807) is 7.11 Å². The summed E-state index contributed by atoms with van der Waals surface area (Å²) in [6, 6.07) is 6.29. The van der Waals surface area contributed by atoms with Gasteiger partial charge in [0.15, 0.2) is 0 Å². The summed E-state index contributed by atoms with van der Waals surface area (Å²) >= 11 is 0. The maximum atomic E-state index is 5.34. The summed E-state index contributed by atoms with van der Waals surface area (Å²) in [4.78, 5) is 0. The number of aryl methyl sites for hydroxylation is 1. The van der Waals surface area contributed by atoms with Gasteiger partial charge in [-0.3, -0.25) is 0 Å². The van der Waals surface area contributed by atoms with Gasteiger partial charge in [-0.15, -0.1) is 0 Å². The van der Waals surface area contributed by atoms with Crippen molar-refractivity contribution in [3.63, 3.8) is 0 Å². The fourth-order valence-corrected chi connectivity index (χ4v) is 1.78. The molecule has 0 aliphatic rings. The fourth-order valence-electron chi connectivity index (χ4n) is 1.78. The summed E-state index contributed by atoms with van der Waals surface area (Å²) in [6.45, 7) is 8.26. The van der Waals surface area contributed by atoms with Crippen molar-refractivity contribution in [2.45, 2.75) is 26.8 Å². The number of rotatable bonds is 8. The van der Waals surface area contributed by atoms with Crippen LogP contribution in [0.1, 0.15) is 24.5 Å². The minimum atomic E-state index is 0.872. The van der Waals surface area contributed by atoms with E-state index in [1.807, 2.05) is 6.07 Å². The van der Waals surface area contributed by atoms with E-state index in [4.69, 9.17) is 4.74 Å². The third-order valence-electron chi connectivity index (χ3n) is 2.71. The zero-order valence-corrected chi connectivity index (χ0v) is 11.2. The molecule has 1 aromatic rings. The van der Waals surface area contributed by atoms with Gasteiger partial charge in [0.05, 0.1) is 7.11 Å². The average molecular weight is 236 g/mol. The molecule has 2 N–H and O–H groups in total. The normalized spacial score (nSPS) is 10.5. The van der Waals surface area contributed by atoms with E-state index >= 15 is 0 Å². The molecule has 0 fully saturated rings. The smallest absolute Gasteiger partial charge is 0.123 e. The zero-order chi connectivity index (χ0) is 12.5. The summed E-state index contributed by atoms with van der Waals surface area (Å²) in [6.07, 6.45) is 1.15. The predicted molar refractivity (Wildman–Crippen MR) is 72.6 cm³/mol. The molecule has 0 aliphatic heterocycles. The maximum Gasteiger partial charge on any atom is 0.123 e. The van der Waals surface area contributed by atoms with Crippen LogP contribution in [0.25, 0.3) is 0 Å². The van der Waals surface area contributed by atoms with Crippen molar-refractivity contribution in [1.29, 1.82) is 0 Å². The molecule has 0 saturated heterocycles. The Balaban J connectivity index is 2.32. The molecular weight excluding hydrogens is 212 g/mol. The Morgan fingerprint density at radius 2 is 1.94 bits per heavy atom. The van der Waals surface area contributed by atoms with Gasteiger partial charge in [0.1, 0.15) is 5.75 Å². The van der Waals surface area contributed by atoms with E-state index in [9.17, 15) is 0 Å². The van der Waals surface area contributed by atoms with E-state index < -0.39 is 0 Å². The minimum absolute atomic E-state index is 0.872. The van der Waals surface area contributed by atoms with E-state index in [1.165, 1.54) is 11.1 Å². The molecular formula is C14H24N2O. The first-order valence-electron chi connectivity index (χ1n) is 6.33. The highest BCUT2D eigenvalue weighted by molar-refractivity contribution is 5.36. The molecule has 0 heterocycles. The minimum Gasteiger partial charge on any atom is -0.496 e. The lowest BCUT2D eigenvalue weighted by Crippen LogP contribution is -2.21. The van der Waals surface area contributed by atoms with Gasteiger partial charge in [0.2, 0.25) is 0 Å². The molecule has 0 aliphatic carbocycles. The Kier molecular flexibility index (Phi) is 6.67. The molecule has 0 bridgehead atoms. The van der Waals surface area contributed by atoms with Crippen molar-refractivity contribution in [2.75, 3.05) is 26.7 Å². The summed E-state index contributed by atoms with van der Waals surface area (Å²) in [5, 5.41) is 6.76. The van der Waals surface area contributed by atoms with Crippen molar-refractivity contribution in [3.05, 3.63) is 29.3 Å². The van der Waals surface area contributed by atoms with Gasteiger partial charge in [-0.2, -0.15) is 0 Å². The molecule has 0 atom stereocenters. The van der Waals surface area contributed by atoms with E-state index in [0.29, 0.717) is 0 Å². The molecule has 0 radical (unpaired) electrons. The van der Waals surface area contributed by atoms with Crippen molar-refractivity contribution in [2.24, 2.45) is 0 Å². The van der Waals surface area contributed by atoms with Gasteiger partial charge >= 0.3 is 0 Å². The van der Waals surface area contributed by atoms with E-state index in [0.717, 1.165) is 38.3 Å². The summed E-state index contributed by atoms with van der Waals surface area (Å²) in [5.74, 6) is 0.967. The van der Waals surface area contributed by atoms with Crippen LogP contribution in [-0.4, -0.2) is 26.7 Å². The monoisotopic (exact) mass is 236 g/mol. The fraction of sp³-hybridized carbons (Fsp3) is 0.571. The number of hydrogen-bond acceptors (Lipinski definition) is 3. The highest BCUT2D eigenvalue weighted by Crippen LogP contribution is 2.19. The number of ether oxygens (including phenoxy) is 1. The lowest BCUT2D eigenvalue weighted by Gasteiger charge is -2.10. The number of hydrogen-bond donors (Lipinski definition) is 2. The van der Waals surface area contributed by atoms with Gasteiger partial charge in [0, 0.05) is 12.1 Å². The maximum absolute atomic E-state index is 5.34. The Hall–Kier alpha value is -1.06. The lowest BCUT2D eigenvalue weighted by molar-refractivity contribution is 0.407. The van der Waals surface area contributed by atoms with Crippen LogP contribution in [0.2, 0.25) is 0 Å². The molecule has 96 valence electrons. The lowest BCUT2D eigenvalue weighted by atomic mass is 10.1. The first-order valence-corrected chi connectivity index (χ1v) is 6.33. The summed E-state index contributed by atoms with van der Waals surface area (Å²) in [5.41, 5.74) is 2.51.